The molecule has 1 aromatic carbocycles. The van der Waals surface area contributed by atoms with Crippen molar-refractivity contribution < 1.29 is 0 Å². The summed E-state index contributed by atoms with van der Waals surface area (Å²) < 4.78 is 0. The zero-order valence-corrected chi connectivity index (χ0v) is 9.95. The summed E-state index contributed by atoms with van der Waals surface area (Å²) in [4.78, 5) is 2.54. The van der Waals surface area contributed by atoms with Gasteiger partial charge in [0, 0.05) is 31.1 Å². The predicted molar refractivity (Wildman–Crippen MR) is 66.6 cm³/mol. The molecule has 2 fully saturated rings. The van der Waals surface area contributed by atoms with E-state index in [2.05, 4.69) is 47.6 Å². The smallest absolute Gasteiger partial charge is 0.0342 e. The number of benzene rings is 1. The quantitative estimate of drug-likeness (QED) is 0.823. The van der Waals surface area contributed by atoms with Crippen LogP contribution in [0.25, 0.3) is 0 Å². The summed E-state index contributed by atoms with van der Waals surface area (Å²) in [6.45, 7) is 3.56. The Morgan fingerprint density at radius 3 is 2.44 bits per heavy atom. The summed E-state index contributed by atoms with van der Waals surface area (Å²) in [5.41, 5.74) is 2.01. The van der Waals surface area contributed by atoms with Gasteiger partial charge in [0.15, 0.2) is 0 Å². The minimum atomic E-state index is 0.478. The van der Waals surface area contributed by atoms with Crippen LogP contribution >= 0.6 is 0 Å². The molecule has 0 radical (unpaired) electrons. The molecule has 0 bridgehead atoms. The zero-order valence-electron chi connectivity index (χ0n) is 9.95. The Morgan fingerprint density at radius 1 is 1.25 bits per heavy atom. The highest BCUT2D eigenvalue weighted by molar-refractivity contribution is 5.31. The first-order chi connectivity index (χ1) is 7.80. The summed E-state index contributed by atoms with van der Waals surface area (Å²) in [5, 5.41) is 3.35. The highest BCUT2D eigenvalue weighted by Crippen LogP contribution is 2.48. The van der Waals surface area contributed by atoms with Crippen molar-refractivity contribution in [2.24, 2.45) is 0 Å². The molecule has 2 aliphatic rings. The molecule has 0 spiro atoms. The minimum Gasteiger partial charge on any atom is -0.314 e. The number of likely N-dealkylation sites (N-methyl/N-ethyl adjacent to an activating group) is 1. The Morgan fingerprint density at radius 2 is 1.94 bits per heavy atom. The van der Waals surface area contributed by atoms with Crippen LogP contribution in [-0.4, -0.2) is 37.6 Å². The SMILES string of the molecule is CN(CC1(c2ccccc2)CC1)C1CNC1. The van der Waals surface area contributed by atoms with Crippen molar-refractivity contribution in [1.82, 2.24) is 10.2 Å². The molecule has 1 aromatic rings. The van der Waals surface area contributed by atoms with Gasteiger partial charge in [-0.1, -0.05) is 30.3 Å². The van der Waals surface area contributed by atoms with Crippen molar-refractivity contribution in [2.75, 3.05) is 26.7 Å². The van der Waals surface area contributed by atoms with Crippen LogP contribution in [0.15, 0.2) is 30.3 Å². The molecule has 1 heterocycles. The van der Waals surface area contributed by atoms with E-state index in [1.54, 1.807) is 0 Å². The summed E-state index contributed by atoms with van der Waals surface area (Å²) >= 11 is 0. The molecule has 1 saturated carbocycles. The van der Waals surface area contributed by atoms with Crippen LogP contribution in [-0.2, 0) is 5.41 Å². The lowest BCUT2D eigenvalue weighted by atomic mass is 9.94. The lowest BCUT2D eigenvalue weighted by molar-refractivity contribution is 0.166. The lowest BCUT2D eigenvalue weighted by Crippen LogP contribution is -2.57. The van der Waals surface area contributed by atoms with Crippen LogP contribution in [0.2, 0.25) is 0 Å². The Labute approximate surface area is 97.6 Å². The van der Waals surface area contributed by atoms with Gasteiger partial charge in [-0.25, -0.2) is 0 Å². The zero-order chi connectivity index (χ0) is 11.0. The van der Waals surface area contributed by atoms with E-state index in [-0.39, 0.29) is 0 Å². The average Bonchev–Trinajstić information content (AvgIpc) is 2.97. The fourth-order valence-electron chi connectivity index (χ4n) is 2.67. The van der Waals surface area contributed by atoms with Gasteiger partial charge in [-0.15, -0.1) is 0 Å². The standard InChI is InChI=1S/C14H20N2/c1-16(13-9-15-10-13)11-14(7-8-14)12-5-3-2-4-6-12/h2-6,13,15H,7-11H2,1H3. The molecule has 2 nitrogen and oxygen atoms in total. The molecule has 86 valence electrons. The molecule has 2 heteroatoms. The summed E-state index contributed by atoms with van der Waals surface area (Å²) in [6.07, 6.45) is 2.73. The molecule has 0 amide bonds. The Balaban J connectivity index is 1.69. The van der Waals surface area contributed by atoms with Gasteiger partial charge in [0.25, 0.3) is 0 Å². The molecule has 1 aliphatic carbocycles. The third-order valence-electron chi connectivity index (χ3n) is 4.18. The third-order valence-corrected chi connectivity index (χ3v) is 4.18. The normalized spacial score (nSPS) is 23.1. The first kappa shape index (κ1) is 10.3. The molecule has 1 aliphatic heterocycles. The van der Waals surface area contributed by atoms with Crippen LogP contribution in [0.3, 0.4) is 0 Å². The van der Waals surface area contributed by atoms with Crippen molar-refractivity contribution in [3.63, 3.8) is 0 Å². The molecule has 1 N–H and O–H groups in total. The Kier molecular flexibility index (Phi) is 2.49. The van der Waals surface area contributed by atoms with Crippen LogP contribution in [0.1, 0.15) is 18.4 Å². The van der Waals surface area contributed by atoms with Gasteiger partial charge in [0.05, 0.1) is 0 Å². The molecule has 0 aromatic heterocycles. The minimum absolute atomic E-state index is 0.478. The highest BCUT2D eigenvalue weighted by atomic mass is 15.2. The van der Waals surface area contributed by atoms with Crippen LogP contribution < -0.4 is 5.32 Å². The summed E-state index contributed by atoms with van der Waals surface area (Å²) in [7, 11) is 2.27. The van der Waals surface area contributed by atoms with Crippen LogP contribution in [0, 0.1) is 0 Å². The van der Waals surface area contributed by atoms with Crippen molar-refractivity contribution in [2.45, 2.75) is 24.3 Å². The summed E-state index contributed by atoms with van der Waals surface area (Å²) in [6, 6.07) is 11.8. The molecular formula is C14H20N2. The first-order valence-corrected chi connectivity index (χ1v) is 6.27. The number of nitrogens with zero attached hydrogens (tertiary/aromatic N) is 1. The maximum absolute atomic E-state index is 3.35. The maximum atomic E-state index is 3.35. The first-order valence-electron chi connectivity index (χ1n) is 6.27. The number of nitrogens with one attached hydrogen (secondary N) is 1. The molecular weight excluding hydrogens is 196 g/mol. The van der Waals surface area contributed by atoms with E-state index in [0.717, 1.165) is 6.04 Å². The Bertz CT molecular complexity index is 352. The highest BCUT2D eigenvalue weighted by Gasteiger charge is 2.45. The van der Waals surface area contributed by atoms with E-state index in [0.29, 0.717) is 5.41 Å². The van der Waals surface area contributed by atoms with Gasteiger partial charge in [0.2, 0.25) is 0 Å². The van der Waals surface area contributed by atoms with Gasteiger partial charge in [0.1, 0.15) is 0 Å². The van der Waals surface area contributed by atoms with Crippen molar-refractivity contribution >= 4 is 0 Å². The summed E-state index contributed by atoms with van der Waals surface area (Å²) in [5.74, 6) is 0. The van der Waals surface area contributed by atoms with Gasteiger partial charge < -0.3 is 5.32 Å². The van der Waals surface area contributed by atoms with Gasteiger partial charge in [-0.3, -0.25) is 4.90 Å². The number of hydrogen-bond donors (Lipinski definition) is 1. The van der Waals surface area contributed by atoms with E-state index in [9.17, 15) is 0 Å². The number of hydrogen-bond acceptors (Lipinski definition) is 2. The molecule has 0 atom stereocenters. The van der Waals surface area contributed by atoms with Crippen molar-refractivity contribution in [1.29, 1.82) is 0 Å². The van der Waals surface area contributed by atoms with E-state index in [4.69, 9.17) is 0 Å². The average molecular weight is 216 g/mol. The molecule has 0 unspecified atom stereocenters. The van der Waals surface area contributed by atoms with E-state index >= 15 is 0 Å². The molecule has 16 heavy (non-hydrogen) atoms. The van der Waals surface area contributed by atoms with Crippen LogP contribution in [0.4, 0.5) is 0 Å². The Hall–Kier alpha value is -0.860. The van der Waals surface area contributed by atoms with Gasteiger partial charge >= 0.3 is 0 Å². The third kappa shape index (κ3) is 1.76. The van der Waals surface area contributed by atoms with Gasteiger partial charge in [-0.05, 0) is 25.5 Å². The second-order valence-corrected chi connectivity index (χ2v) is 5.37. The van der Waals surface area contributed by atoms with Crippen LogP contribution in [0.5, 0.6) is 0 Å². The van der Waals surface area contributed by atoms with Crippen molar-refractivity contribution in [3.05, 3.63) is 35.9 Å². The molecule has 3 rings (SSSR count). The fourth-order valence-corrected chi connectivity index (χ4v) is 2.67. The maximum Gasteiger partial charge on any atom is 0.0342 e. The lowest BCUT2D eigenvalue weighted by Gasteiger charge is -2.37. The second kappa shape index (κ2) is 3.86. The molecule has 1 saturated heterocycles. The largest absolute Gasteiger partial charge is 0.314 e. The van der Waals surface area contributed by atoms with Crippen molar-refractivity contribution in [3.8, 4) is 0 Å². The van der Waals surface area contributed by atoms with E-state index in [1.807, 2.05) is 0 Å². The van der Waals surface area contributed by atoms with E-state index in [1.165, 1.54) is 38.0 Å². The fraction of sp³-hybridized carbons (Fsp3) is 0.571. The predicted octanol–water partition coefficient (Wildman–Crippen LogP) is 1.62. The number of rotatable bonds is 4. The van der Waals surface area contributed by atoms with Gasteiger partial charge in [-0.2, -0.15) is 0 Å². The monoisotopic (exact) mass is 216 g/mol. The topological polar surface area (TPSA) is 15.3 Å². The van der Waals surface area contributed by atoms with E-state index < -0.39 is 0 Å². The second-order valence-electron chi connectivity index (χ2n) is 5.37.